The van der Waals surface area contributed by atoms with Crippen LogP contribution >= 0.6 is 23.2 Å². The standard InChI is InChI=1S/C24H20Cl2N2O/c1-16(17-12-13-21(25)22(26)14-17)27-28-23(29)20-15-24(20,18-8-4-2-5-9-18)19-10-6-3-7-11-19/h2-14,20H,15H2,1H3,(H,28,29). The Morgan fingerprint density at radius 1 is 0.931 bits per heavy atom. The summed E-state index contributed by atoms with van der Waals surface area (Å²) in [6.45, 7) is 1.83. The third kappa shape index (κ3) is 3.81. The zero-order chi connectivity index (χ0) is 20.4. The highest BCUT2D eigenvalue weighted by atomic mass is 35.5. The lowest BCUT2D eigenvalue weighted by Crippen LogP contribution is -2.26. The summed E-state index contributed by atoms with van der Waals surface area (Å²) in [5, 5.41) is 5.24. The summed E-state index contributed by atoms with van der Waals surface area (Å²) in [7, 11) is 0. The fourth-order valence-electron chi connectivity index (χ4n) is 3.86. The Labute approximate surface area is 180 Å². The lowest BCUT2D eigenvalue weighted by atomic mass is 9.85. The molecule has 1 amide bonds. The average Bonchev–Trinajstić information content (AvgIpc) is 3.52. The van der Waals surface area contributed by atoms with Crippen molar-refractivity contribution in [2.45, 2.75) is 18.8 Å². The van der Waals surface area contributed by atoms with E-state index in [-0.39, 0.29) is 17.2 Å². The predicted octanol–water partition coefficient (Wildman–Crippen LogP) is 5.84. The number of nitrogens with one attached hydrogen (secondary N) is 1. The van der Waals surface area contributed by atoms with Gasteiger partial charge >= 0.3 is 0 Å². The summed E-state index contributed by atoms with van der Waals surface area (Å²) in [6, 6.07) is 25.7. The first-order valence-electron chi connectivity index (χ1n) is 9.43. The van der Waals surface area contributed by atoms with Crippen LogP contribution in [-0.4, -0.2) is 11.6 Å². The molecule has 0 saturated heterocycles. The largest absolute Gasteiger partial charge is 0.273 e. The van der Waals surface area contributed by atoms with Gasteiger partial charge in [0.25, 0.3) is 0 Å². The van der Waals surface area contributed by atoms with Gasteiger partial charge in [-0.3, -0.25) is 4.79 Å². The van der Waals surface area contributed by atoms with Crippen LogP contribution in [0, 0.1) is 5.92 Å². The van der Waals surface area contributed by atoms with Crippen LogP contribution in [0.25, 0.3) is 0 Å². The molecule has 3 aromatic carbocycles. The minimum Gasteiger partial charge on any atom is -0.273 e. The molecule has 0 radical (unpaired) electrons. The van der Waals surface area contributed by atoms with E-state index in [4.69, 9.17) is 23.2 Å². The maximum atomic E-state index is 13.0. The van der Waals surface area contributed by atoms with Crippen molar-refractivity contribution < 1.29 is 4.79 Å². The number of benzene rings is 3. The van der Waals surface area contributed by atoms with Gasteiger partial charge in [0.1, 0.15) is 0 Å². The summed E-state index contributed by atoms with van der Waals surface area (Å²) >= 11 is 12.0. The Morgan fingerprint density at radius 2 is 1.52 bits per heavy atom. The summed E-state index contributed by atoms with van der Waals surface area (Å²) in [5.74, 6) is -0.255. The predicted molar refractivity (Wildman–Crippen MR) is 119 cm³/mol. The van der Waals surface area contributed by atoms with E-state index >= 15 is 0 Å². The smallest absolute Gasteiger partial charge is 0.244 e. The molecule has 0 aromatic heterocycles. The maximum absolute atomic E-state index is 13.0. The van der Waals surface area contributed by atoms with Gasteiger partial charge in [-0.2, -0.15) is 5.10 Å². The second kappa shape index (κ2) is 8.02. The van der Waals surface area contributed by atoms with E-state index in [1.165, 1.54) is 0 Å². The molecule has 3 aromatic rings. The van der Waals surface area contributed by atoms with Crippen molar-refractivity contribution in [2.75, 3.05) is 0 Å². The van der Waals surface area contributed by atoms with Crippen molar-refractivity contribution in [3.05, 3.63) is 106 Å². The first-order valence-corrected chi connectivity index (χ1v) is 10.2. The molecule has 29 heavy (non-hydrogen) atoms. The zero-order valence-electron chi connectivity index (χ0n) is 15.9. The van der Waals surface area contributed by atoms with Crippen LogP contribution in [0.3, 0.4) is 0 Å². The molecule has 0 spiro atoms. The summed E-state index contributed by atoms with van der Waals surface area (Å²) in [6.07, 6.45) is 0.758. The molecule has 3 nitrogen and oxygen atoms in total. The van der Waals surface area contributed by atoms with Gasteiger partial charge < -0.3 is 0 Å². The third-order valence-corrected chi connectivity index (χ3v) is 6.27. The van der Waals surface area contributed by atoms with Crippen molar-refractivity contribution in [3.8, 4) is 0 Å². The number of hydrogen-bond acceptors (Lipinski definition) is 2. The number of amides is 1. The monoisotopic (exact) mass is 422 g/mol. The highest BCUT2D eigenvalue weighted by molar-refractivity contribution is 6.42. The Bertz CT molecular complexity index is 1030. The number of rotatable bonds is 5. The lowest BCUT2D eigenvalue weighted by Gasteiger charge is -2.18. The Morgan fingerprint density at radius 3 is 2.07 bits per heavy atom. The molecule has 1 saturated carbocycles. The van der Waals surface area contributed by atoms with Gasteiger partial charge in [0.15, 0.2) is 0 Å². The fourth-order valence-corrected chi connectivity index (χ4v) is 4.16. The van der Waals surface area contributed by atoms with Crippen LogP contribution in [0.5, 0.6) is 0 Å². The van der Waals surface area contributed by atoms with Gasteiger partial charge in [0, 0.05) is 5.41 Å². The number of nitrogens with zero attached hydrogens (tertiary/aromatic N) is 1. The first kappa shape index (κ1) is 19.7. The van der Waals surface area contributed by atoms with Crippen LogP contribution in [-0.2, 0) is 10.2 Å². The third-order valence-electron chi connectivity index (χ3n) is 5.53. The number of hydrogen-bond donors (Lipinski definition) is 1. The Kier molecular flexibility index (Phi) is 5.44. The molecule has 1 fully saturated rings. The van der Waals surface area contributed by atoms with Crippen molar-refractivity contribution >= 4 is 34.8 Å². The summed E-state index contributed by atoms with van der Waals surface area (Å²) in [5.41, 5.74) is 6.22. The van der Waals surface area contributed by atoms with E-state index in [0.29, 0.717) is 15.8 Å². The molecule has 4 rings (SSSR count). The normalized spacial score (nSPS) is 17.6. The van der Waals surface area contributed by atoms with Gasteiger partial charge in [-0.15, -0.1) is 0 Å². The van der Waals surface area contributed by atoms with Crippen molar-refractivity contribution in [1.29, 1.82) is 0 Å². The Hall–Kier alpha value is -2.62. The minimum absolute atomic E-state index is 0.0860. The summed E-state index contributed by atoms with van der Waals surface area (Å²) in [4.78, 5) is 13.0. The first-order chi connectivity index (χ1) is 14.0. The molecule has 1 aliphatic carbocycles. The molecule has 0 heterocycles. The highest BCUT2D eigenvalue weighted by Gasteiger charge is 2.60. The SMILES string of the molecule is CC(=NNC(=O)C1CC1(c1ccccc1)c1ccccc1)c1ccc(Cl)c(Cl)c1. The van der Waals surface area contributed by atoms with E-state index in [2.05, 4.69) is 34.8 Å². The second-order valence-electron chi connectivity index (χ2n) is 7.26. The van der Waals surface area contributed by atoms with Crippen LogP contribution in [0.2, 0.25) is 10.0 Å². The van der Waals surface area contributed by atoms with Crippen LogP contribution in [0.1, 0.15) is 30.0 Å². The number of halogens is 2. The summed E-state index contributed by atoms with van der Waals surface area (Å²) < 4.78 is 0. The molecule has 1 unspecified atom stereocenters. The molecule has 1 aliphatic rings. The van der Waals surface area contributed by atoms with E-state index in [0.717, 1.165) is 23.1 Å². The number of hydrazone groups is 1. The van der Waals surface area contributed by atoms with E-state index < -0.39 is 0 Å². The van der Waals surface area contributed by atoms with Gasteiger partial charge in [-0.05, 0) is 42.2 Å². The molecular weight excluding hydrogens is 403 g/mol. The van der Waals surface area contributed by atoms with Gasteiger partial charge in [0.05, 0.1) is 21.7 Å². The zero-order valence-corrected chi connectivity index (χ0v) is 17.4. The van der Waals surface area contributed by atoms with E-state index in [1.54, 1.807) is 12.1 Å². The molecule has 1 atom stereocenters. The number of carbonyl (C=O) groups is 1. The molecule has 0 aliphatic heterocycles. The minimum atomic E-state index is -0.306. The molecule has 0 bridgehead atoms. The van der Waals surface area contributed by atoms with Gasteiger partial charge in [-0.25, -0.2) is 5.43 Å². The van der Waals surface area contributed by atoms with Crippen molar-refractivity contribution in [3.63, 3.8) is 0 Å². The van der Waals surface area contributed by atoms with Crippen molar-refractivity contribution in [2.24, 2.45) is 11.0 Å². The molecule has 1 N–H and O–H groups in total. The van der Waals surface area contributed by atoms with Gasteiger partial charge in [0.2, 0.25) is 5.91 Å². The molecular formula is C24H20Cl2N2O. The van der Waals surface area contributed by atoms with Gasteiger partial charge in [-0.1, -0.05) is 89.9 Å². The quantitative estimate of drug-likeness (QED) is 0.407. The van der Waals surface area contributed by atoms with Crippen LogP contribution in [0.4, 0.5) is 0 Å². The van der Waals surface area contributed by atoms with Crippen molar-refractivity contribution in [1.82, 2.24) is 5.43 Å². The van der Waals surface area contributed by atoms with E-state index in [9.17, 15) is 4.79 Å². The molecule has 146 valence electrons. The topological polar surface area (TPSA) is 41.5 Å². The maximum Gasteiger partial charge on any atom is 0.244 e. The van der Waals surface area contributed by atoms with Crippen LogP contribution in [0.15, 0.2) is 84.0 Å². The number of carbonyl (C=O) groups excluding carboxylic acids is 1. The lowest BCUT2D eigenvalue weighted by molar-refractivity contribution is -0.122. The van der Waals surface area contributed by atoms with E-state index in [1.807, 2.05) is 49.4 Å². The Balaban J connectivity index is 1.56. The average molecular weight is 423 g/mol. The fraction of sp³-hybridized carbons (Fsp3) is 0.167. The highest BCUT2D eigenvalue weighted by Crippen LogP contribution is 2.58. The second-order valence-corrected chi connectivity index (χ2v) is 8.08. The molecule has 5 heteroatoms. The van der Waals surface area contributed by atoms with Crippen LogP contribution < -0.4 is 5.43 Å².